The molecule has 84 valence electrons. The van der Waals surface area contributed by atoms with Crippen molar-refractivity contribution in [1.82, 2.24) is 5.32 Å². The molecule has 3 heteroatoms. The third-order valence-corrected chi connectivity index (χ3v) is 2.53. The molecule has 1 rings (SSSR count). The maximum Gasteiger partial charge on any atom is 0.118 e. The van der Waals surface area contributed by atoms with Crippen molar-refractivity contribution in [3.05, 3.63) is 35.3 Å². The molecular weight excluding hydrogens is 206 g/mol. The molecule has 0 spiro atoms. The van der Waals surface area contributed by atoms with Crippen molar-refractivity contribution < 1.29 is 4.42 Å². The van der Waals surface area contributed by atoms with Crippen molar-refractivity contribution in [2.45, 2.75) is 26.1 Å². The predicted octanol–water partition coefficient (Wildman–Crippen LogP) is 3.20. The van der Waals surface area contributed by atoms with Crippen molar-refractivity contribution in [2.24, 2.45) is 0 Å². The molecule has 0 bridgehead atoms. The number of hydrogen-bond donors (Lipinski definition) is 1. The van der Waals surface area contributed by atoms with Crippen LogP contribution in [0.5, 0.6) is 0 Å². The van der Waals surface area contributed by atoms with Crippen LogP contribution in [0.4, 0.5) is 0 Å². The van der Waals surface area contributed by atoms with Crippen molar-refractivity contribution in [2.75, 3.05) is 12.8 Å². The quantitative estimate of drug-likeness (QED) is 0.594. The third-order valence-electron chi connectivity index (χ3n) is 1.96. The average Bonchev–Trinajstić information content (AvgIpc) is 2.61. The molecule has 0 aliphatic rings. The normalized spacial score (nSPS) is 10.3. The van der Waals surface area contributed by atoms with Gasteiger partial charge in [-0.15, -0.1) is 0 Å². The fourth-order valence-electron chi connectivity index (χ4n) is 1.21. The molecule has 0 aliphatic carbocycles. The Morgan fingerprint density at radius 3 is 2.80 bits per heavy atom. The molecule has 0 amide bonds. The minimum Gasteiger partial charge on any atom is -0.464 e. The van der Waals surface area contributed by atoms with Gasteiger partial charge < -0.3 is 9.73 Å². The molecule has 0 saturated carbocycles. The van der Waals surface area contributed by atoms with E-state index in [4.69, 9.17) is 4.42 Å². The first kappa shape index (κ1) is 12.4. The molecule has 0 unspecified atom stereocenters. The van der Waals surface area contributed by atoms with Gasteiger partial charge in [0.05, 0.1) is 12.3 Å². The van der Waals surface area contributed by atoms with E-state index in [1.165, 1.54) is 5.57 Å². The monoisotopic (exact) mass is 225 g/mol. The third kappa shape index (κ3) is 5.09. The van der Waals surface area contributed by atoms with Crippen LogP contribution in [-0.4, -0.2) is 12.8 Å². The van der Waals surface area contributed by atoms with E-state index in [1.54, 1.807) is 11.8 Å². The standard InChI is InChI=1S/C12H19NOS/c1-10(2)6-7-13-8-11-4-5-12(14-11)9-15-3/h4-6,13H,7-9H2,1-3H3. The van der Waals surface area contributed by atoms with E-state index >= 15 is 0 Å². The Hall–Kier alpha value is -0.670. The van der Waals surface area contributed by atoms with Gasteiger partial charge in [0.2, 0.25) is 0 Å². The van der Waals surface area contributed by atoms with Gasteiger partial charge in [0.15, 0.2) is 0 Å². The van der Waals surface area contributed by atoms with Gasteiger partial charge in [-0.25, -0.2) is 0 Å². The minimum absolute atomic E-state index is 0.804. The highest BCUT2D eigenvalue weighted by molar-refractivity contribution is 7.97. The van der Waals surface area contributed by atoms with Crippen LogP contribution in [0.15, 0.2) is 28.2 Å². The van der Waals surface area contributed by atoms with Gasteiger partial charge in [-0.3, -0.25) is 0 Å². The molecule has 0 aromatic carbocycles. The van der Waals surface area contributed by atoms with Crippen molar-refractivity contribution in [3.63, 3.8) is 0 Å². The fourth-order valence-corrected chi connectivity index (χ4v) is 1.65. The van der Waals surface area contributed by atoms with Crippen LogP contribution >= 0.6 is 11.8 Å². The molecule has 1 aromatic heterocycles. The van der Waals surface area contributed by atoms with E-state index in [0.29, 0.717) is 0 Å². The Labute approximate surface area is 96.1 Å². The summed E-state index contributed by atoms with van der Waals surface area (Å²) >= 11 is 1.78. The second-order valence-corrected chi connectivity index (χ2v) is 4.58. The summed E-state index contributed by atoms with van der Waals surface area (Å²) < 4.78 is 5.63. The number of thioether (sulfide) groups is 1. The second kappa shape index (κ2) is 6.75. The maximum atomic E-state index is 5.63. The van der Waals surface area contributed by atoms with Gasteiger partial charge >= 0.3 is 0 Å². The van der Waals surface area contributed by atoms with E-state index in [1.807, 2.05) is 6.07 Å². The number of hydrogen-bond acceptors (Lipinski definition) is 3. The Morgan fingerprint density at radius 2 is 2.13 bits per heavy atom. The lowest BCUT2D eigenvalue weighted by molar-refractivity contribution is 0.465. The molecule has 1 N–H and O–H groups in total. The van der Waals surface area contributed by atoms with Crippen LogP contribution < -0.4 is 5.32 Å². The van der Waals surface area contributed by atoms with Crippen molar-refractivity contribution in [3.8, 4) is 0 Å². The molecule has 1 aromatic rings. The molecule has 1 heterocycles. The molecule has 15 heavy (non-hydrogen) atoms. The summed E-state index contributed by atoms with van der Waals surface area (Å²) in [6, 6.07) is 4.09. The van der Waals surface area contributed by atoms with E-state index in [-0.39, 0.29) is 0 Å². The number of furan rings is 1. The first-order valence-electron chi connectivity index (χ1n) is 5.13. The van der Waals surface area contributed by atoms with Crippen LogP contribution in [0.1, 0.15) is 25.4 Å². The average molecular weight is 225 g/mol. The Bertz CT molecular complexity index is 313. The SMILES string of the molecule is CSCc1ccc(CNCC=C(C)C)o1. The topological polar surface area (TPSA) is 25.2 Å². The van der Waals surface area contributed by atoms with E-state index in [0.717, 1.165) is 30.4 Å². The van der Waals surface area contributed by atoms with Gasteiger partial charge in [0, 0.05) is 6.54 Å². The lowest BCUT2D eigenvalue weighted by atomic mass is 10.3. The summed E-state index contributed by atoms with van der Waals surface area (Å²) in [5.41, 5.74) is 1.34. The summed E-state index contributed by atoms with van der Waals surface area (Å²) in [5.74, 6) is 3.02. The number of allylic oxidation sites excluding steroid dienone is 1. The fraction of sp³-hybridized carbons (Fsp3) is 0.500. The van der Waals surface area contributed by atoms with Crippen LogP contribution in [0, 0.1) is 0 Å². The second-order valence-electron chi connectivity index (χ2n) is 3.71. The van der Waals surface area contributed by atoms with E-state index in [2.05, 4.69) is 37.6 Å². The molecule has 0 saturated heterocycles. The first-order valence-corrected chi connectivity index (χ1v) is 6.52. The van der Waals surface area contributed by atoms with Gasteiger partial charge in [0.25, 0.3) is 0 Å². The number of rotatable bonds is 6. The molecule has 2 nitrogen and oxygen atoms in total. The lowest BCUT2D eigenvalue weighted by Crippen LogP contribution is -2.12. The zero-order chi connectivity index (χ0) is 11.1. The van der Waals surface area contributed by atoms with Crippen LogP contribution in [0.2, 0.25) is 0 Å². The predicted molar refractivity (Wildman–Crippen MR) is 67.1 cm³/mol. The molecule has 0 aliphatic heterocycles. The lowest BCUT2D eigenvalue weighted by Gasteiger charge is -1.98. The minimum atomic E-state index is 0.804. The molecule has 0 radical (unpaired) electrons. The molecular formula is C12H19NOS. The van der Waals surface area contributed by atoms with Crippen LogP contribution in [0.3, 0.4) is 0 Å². The Kier molecular flexibility index (Phi) is 5.58. The largest absolute Gasteiger partial charge is 0.464 e. The highest BCUT2D eigenvalue weighted by atomic mass is 32.2. The van der Waals surface area contributed by atoms with Gasteiger partial charge in [-0.2, -0.15) is 11.8 Å². The van der Waals surface area contributed by atoms with Gasteiger partial charge in [0.1, 0.15) is 11.5 Å². The first-order chi connectivity index (χ1) is 7.22. The van der Waals surface area contributed by atoms with Crippen LogP contribution in [-0.2, 0) is 12.3 Å². The molecule has 0 fully saturated rings. The van der Waals surface area contributed by atoms with Gasteiger partial charge in [-0.05, 0) is 32.2 Å². The maximum absolute atomic E-state index is 5.63. The summed E-state index contributed by atoms with van der Waals surface area (Å²) in [7, 11) is 0. The smallest absolute Gasteiger partial charge is 0.118 e. The van der Waals surface area contributed by atoms with Crippen LogP contribution in [0.25, 0.3) is 0 Å². The highest BCUT2D eigenvalue weighted by Crippen LogP contribution is 2.12. The van der Waals surface area contributed by atoms with Gasteiger partial charge in [-0.1, -0.05) is 11.6 Å². The Balaban J connectivity index is 2.28. The summed E-state index contributed by atoms with van der Waals surface area (Å²) in [4.78, 5) is 0. The summed E-state index contributed by atoms with van der Waals surface area (Å²) in [5, 5.41) is 3.31. The molecule has 0 atom stereocenters. The van der Waals surface area contributed by atoms with Crippen molar-refractivity contribution >= 4 is 11.8 Å². The number of nitrogens with one attached hydrogen (secondary N) is 1. The summed E-state index contributed by atoms with van der Waals surface area (Å²) in [6.45, 7) is 5.91. The highest BCUT2D eigenvalue weighted by Gasteiger charge is 1.99. The van der Waals surface area contributed by atoms with Crippen molar-refractivity contribution in [1.29, 1.82) is 0 Å². The Morgan fingerprint density at radius 1 is 1.40 bits per heavy atom. The van der Waals surface area contributed by atoms with E-state index in [9.17, 15) is 0 Å². The zero-order valence-corrected chi connectivity index (χ0v) is 10.5. The summed E-state index contributed by atoms with van der Waals surface area (Å²) in [6.07, 6.45) is 4.25. The zero-order valence-electron chi connectivity index (χ0n) is 9.67. The van der Waals surface area contributed by atoms with E-state index < -0.39 is 0 Å².